The number of hydrogen-bond acceptors (Lipinski definition) is 3. The number of carboxylic acid groups (broad SMARTS) is 1. The molecule has 1 rings (SSSR count). The van der Waals surface area contributed by atoms with Crippen LogP contribution in [-0.4, -0.2) is 24.0 Å². The van der Waals surface area contributed by atoms with Crippen LogP contribution in [0.15, 0.2) is 12.1 Å². The normalized spacial score (nSPS) is 12.3. The van der Waals surface area contributed by atoms with Crippen molar-refractivity contribution in [2.75, 3.05) is 7.11 Å². The average molecular weight is 264 g/mol. The Bertz CT molecular complexity index is 503. The lowest BCUT2D eigenvalue weighted by atomic mass is 9.91. The maximum atomic E-state index is 12.2. The van der Waals surface area contributed by atoms with Crippen molar-refractivity contribution in [3.63, 3.8) is 0 Å². The molecule has 104 valence electrons. The van der Waals surface area contributed by atoms with E-state index in [4.69, 9.17) is 9.84 Å². The van der Waals surface area contributed by atoms with Gasteiger partial charge in [0.25, 0.3) is 0 Å². The van der Waals surface area contributed by atoms with Gasteiger partial charge < -0.3 is 9.84 Å². The van der Waals surface area contributed by atoms with E-state index in [0.717, 1.165) is 16.9 Å². The molecule has 0 aromatic heterocycles. The Labute approximate surface area is 113 Å². The van der Waals surface area contributed by atoms with Crippen molar-refractivity contribution in [1.29, 1.82) is 0 Å². The summed E-state index contributed by atoms with van der Waals surface area (Å²) < 4.78 is 5.30. The SMILES string of the molecule is COc1cc(C)c(C(=O)C(C)C(=O)O)cc1C(C)C. The Hall–Kier alpha value is -1.84. The fourth-order valence-electron chi connectivity index (χ4n) is 1.94. The van der Waals surface area contributed by atoms with E-state index in [2.05, 4.69) is 0 Å². The number of methoxy groups -OCH3 is 1. The highest BCUT2D eigenvalue weighted by Gasteiger charge is 2.24. The molecule has 0 bridgehead atoms. The molecule has 0 radical (unpaired) electrons. The summed E-state index contributed by atoms with van der Waals surface area (Å²) in [6, 6.07) is 3.54. The van der Waals surface area contributed by atoms with Gasteiger partial charge in [0.05, 0.1) is 7.11 Å². The van der Waals surface area contributed by atoms with E-state index in [9.17, 15) is 9.59 Å². The van der Waals surface area contributed by atoms with Crippen molar-refractivity contribution in [2.45, 2.75) is 33.6 Å². The van der Waals surface area contributed by atoms with E-state index in [0.29, 0.717) is 5.56 Å². The number of aliphatic carboxylic acids is 1. The van der Waals surface area contributed by atoms with Crippen LogP contribution in [0.2, 0.25) is 0 Å². The smallest absolute Gasteiger partial charge is 0.314 e. The Morgan fingerprint density at radius 3 is 2.21 bits per heavy atom. The topological polar surface area (TPSA) is 63.6 Å². The number of benzene rings is 1. The second kappa shape index (κ2) is 5.87. The van der Waals surface area contributed by atoms with Gasteiger partial charge in [-0.25, -0.2) is 0 Å². The lowest BCUT2D eigenvalue weighted by Crippen LogP contribution is -2.21. The zero-order valence-corrected chi connectivity index (χ0v) is 12.0. The van der Waals surface area contributed by atoms with Crippen LogP contribution in [-0.2, 0) is 4.79 Å². The highest BCUT2D eigenvalue weighted by Crippen LogP contribution is 2.30. The van der Waals surface area contributed by atoms with Crippen LogP contribution in [0.1, 0.15) is 48.2 Å². The van der Waals surface area contributed by atoms with E-state index in [1.54, 1.807) is 26.2 Å². The molecule has 0 saturated heterocycles. The molecule has 1 aromatic rings. The molecule has 0 heterocycles. The van der Waals surface area contributed by atoms with Gasteiger partial charge in [0.2, 0.25) is 0 Å². The highest BCUT2D eigenvalue weighted by atomic mass is 16.5. The third-order valence-electron chi connectivity index (χ3n) is 3.23. The van der Waals surface area contributed by atoms with Crippen LogP contribution in [0, 0.1) is 12.8 Å². The summed E-state index contributed by atoms with van der Waals surface area (Å²) in [4.78, 5) is 23.1. The number of carbonyl (C=O) groups is 2. The molecule has 1 N–H and O–H groups in total. The molecule has 0 aliphatic rings. The zero-order chi connectivity index (χ0) is 14.7. The molecule has 1 aromatic carbocycles. The van der Waals surface area contributed by atoms with Crippen LogP contribution in [0.3, 0.4) is 0 Å². The molecule has 1 unspecified atom stereocenters. The number of ether oxygens (including phenoxy) is 1. The minimum absolute atomic E-state index is 0.197. The maximum Gasteiger partial charge on any atom is 0.314 e. The number of ketones is 1. The van der Waals surface area contributed by atoms with E-state index >= 15 is 0 Å². The molecule has 0 saturated carbocycles. The minimum atomic E-state index is -1.11. The zero-order valence-electron chi connectivity index (χ0n) is 12.0. The van der Waals surface area contributed by atoms with Gasteiger partial charge in [-0.05, 0) is 43.0 Å². The molecule has 0 fully saturated rings. The lowest BCUT2D eigenvalue weighted by molar-refractivity contribution is -0.139. The standard InChI is InChI=1S/C15H20O4/c1-8(2)11-7-12(9(3)6-13(11)19-5)14(16)10(4)15(17)18/h6-8,10H,1-5H3,(H,17,18). The van der Waals surface area contributed by atoms with Gasteiger partial charge in [0, 0.05) is 5.56 Å². The third-order valence-corrected chi connectivity index (χ3v) is 3.23. The predicted molar refractivity (Wildman–Crippen MR) is 73.0 cm³/mol. The minimum Gasteiger partial charge on any atom is -0.496 e. The fourth-order valence-corrected chi connectivity index (χ4v) is 1.94. The molecule has 19 heavy (non-hydrogen) atoms. The van der Waals surface area contributed by atoms with Gasteiger partial charge in [-0.3, -0.25) is 9.59 Å². The summed E-state index contributed by atoms with van der Waals surface area (Å²) >= 11 is 0. The van der Waals surface area contributed by atoms with Gasteiger partial charge >= 0.3 is 5.97 Å². The number of carbonyl (C=O) groups excluding carboxylic acids is 1. The van der Waals surface area contributed by atoms with Gasteiger partial charge in [0.15, 0.2) is 5.78 Å². The Balaban J connectivity index is 3.33. The largest absolute Gasteiger partial charge is 0.496 e. The molecule has 4 nitrogen and oxygen atoms in total. The second-order valence-corrected chi connectivity index (χ2v) is 4.99. The van der Waals surface area contributed by atoms with Crippen molar-refractivity contribution >= 4 is 11.8 Å². The molecule has 0 spiro atoms. The summed E-state index contributed by atoms with van der Waals surface area (Å²) in [5.74, 6) is -1.58. The number of aryl methyl sites for hydroxylation is 1. The average Bonchev–Trinajstić information content (AvgIpc) is 2.35. The number of Topliss-reactive ketones (excluding diaryl/α,β-unsaturated/α-hetero) is 1. The second-order valence-electron chi connectivity index (χ2n) is 4.99. The van der Waals surface area contributed by atoms with Crippen LogP contribution < -0.4 is 4.74 Å². The molecule has 4 heteroatoms. The van der Waals surface area contributed by atoms with Gasteiger partial charge in [-0.15, -0.1) is 0 Å². The van der Waals surface area contributed by atoms with Gasteiger partial charge in [-0.2, -0.15) is 0 Å². The van der Waals surface area contributed by atoms with Gasteiger partial charge in [-0.1, -0.05) is 13.8 Å². The van der Waals surface area contributed by atoms with Gasteiger partial charge in [0.1, 0.15) is 11.7 Å². The number of carboxylic acids is 1. The summed E-state index contributed by atoms with van der Waals surface area (Å²) in [6.45, 7) is 7.20. The first kappa shape index (κ1) is 15.2. The number of hydrogen-bond donors (Lipinski definition) is 1. The van der Waals surface area contributed by atoms with Crippen molar-refractivity contribution in [3.8, 4) is 5.75 Å². The van der Waals surface area contributed by atoms with Crippen LogP contribution in [0.5, 0.6) is 5.75 Å². The monoisotopic (exact) mass is 264 g/mol. The van der Waals surface area contributed by atoms with E-state index in [1.165, 1.54) is 6.92 Å². The van der Waals surface area contributed by atoms with Crippen LogP contribution in [0.25, 0.3) is 0 Å². The molecule has 1 atom stereocenters. The molecular formula is C15H20O4. The van der Waals surface area contributed by atoms with E-state index < -0.39 is 11.9 Å². The molecule has 0 aliphatic carbocycles. The first-order chi connectivity index (χ1) is 8.79. The maximum absolute atomic E-state index is 12.2. The lowest BCUT2D eigenvalue weighted by Gasteiger charge is -2.16. The van der Waals surface area contributed by atoms with Crippen molar-refractivity contribution in [1.82, 2.24) is 0 Å². The van der Waals surface area contributed by atoms with Crippen LogP contribution >= 0.6 is 0 Å². The predicted octanol–water partition coefficient (Wildman–Crippen LogP) is 3.03. The summed E-state index contributed by atoms with van der Waals surface area (Å²) in [7, 11) is 1.59. The van der Waals surface area contributed by atoms with E-state index in [-0.39, 0.29) is 11.7 Å². The Morgan fingerprint density at radius 1 is 1.21 bits per heavy atom. The molecule has 0 amide bonds. The summed E-state index contributed by atoms with van der Waals surface area (Å²) in [5.41, 5.74) is 2.10. The highest BCUT2D eigenvalue weighted by molar-refractivity contribution is 6.08. The Morgan fingerprint density at radius 2 is 1.79 bits per heavy atom. The Kier molecular flexibility index (Phi) is 4.70. The number of rotatable bonds is 5. The first-order valence-corrected chi connectivity index (χ1v) is 6.25. The van der Waals surface area contributed by atoms with E-state index in [1.807, 2.05) is 13.8 Å². The molecular weight excluding hydrogens is 244 g/mol. The first-order valence-electron chi connectivity index (χ1n) is 6.25. The fraction of sp³-hybridized carbons (Fsp3) is 0.467. The third kappa shape index (κ3) is 3.13. The summed E-state index contributed by atoms with van der Waals surface area (Å²) in [5, 5.41) is 8.94. The quantitative estimate of drug-likeness (QED) is 0.656. The van der Waals surface area contributed by atoms with Crippen LogP contribution in [0.4, 0.5) is 0 Å². The van der Waals surface area contributed by atoms with Crippen molar-refractivity contribution in [2.24, 2.45) is 5.92 Å². The molecule has 0 aliphatic heterocycles. The summed E-state index contributed by atoms with van der Waals surface area (Å²) in [6.07, 6.45) is 0. The van der Waals surface area contributed by atoms with Crippen molar-refractivity contribution < 1.29 is 19.4 Å². The van der Waals surface area contributed by atoms with Crippen molar-refractivity contribution in [3.05, 3.63) is 28.8 Å².